The number of likely N-dealkylation sites (tertiary alicyclic amines) is 1. The first kappa shape index (κ1) is 24.0. The summed E-state index contributed by atoms with van der Waals surface area (Å²) in [5.74, 6) is 1.31. The predicted octanol–water partition coefficient (Wildman–Crippen LogP) is 5.80. The molecule has 2 aromatic carbocycles. The van der Waals surface area contributed by atoms with Crippen LogP contribution < -0.4 is 4.74 Å². The molecule has 1 saturated heterocycles. The highest BCUT2D eigenvalue weighted by Gasteiger charge is 2.27. The van der Waals surface area contributed by atoms with Crippen LogP contribution in [0.15, 0.2) is 66.7 Å². The Labute approximate surface area is 212 Å². The third-order valence-electron chi connectivity index (χ3n) is 7.07. The van der Waals surface area contributed by atoms with Gasteiger partial charge in [-0.1, -0.05) is 63.2 Å². The Morgan fingerprint density at radius 2 is 1.69 bits per heavy atom. The molecule has 6 nitrogen and oxygen atoms in total. The van der Waals surface area contributed by atoms with Gasteiger partial charge in [0.25, 0.3) is 5.91 Å². The van der Waals surface area contributed by atoms with Crippen molar-refractivity contribution in [2.24, 2.45) is 5.92 Å². The molecular formula is C30H34N4O2. The summed E-state index contributed by atoms with van der Waals surface area (Å²) in [6.45, 7) is 7.88. The number of hydrogen-bond donors (Lipinski definition) is 0. The van der Waals surface area contributed by atoms with Crippen molar-refractivity contribution >= 4 is 11.6 Å². The largest absolute Gasteiger partial charge is 0.496 e. The molecule has 2 aromatic heterocycles. The minimum atomic E-state index is -0.142. The number of piperidine rings is 1. The zero-order valence-corrected chi connectivity index (χ0v) is 21.6. The van der Waals surface area contributed by atoms with Gasteiger partial charge >= 0.3 is 0 Å². The summed E-state index contributed by atoms with van der Waals surface area (Å²) in [7, 11) is 1.66. The lowest BCUT2D eigenvalue weighted by molar-refractivity contribution is 0.0685. The summed E-state index contributed by atoms with van der Waals surface area (Å²) in [4.78, 5) is 20.4. The number of nitrogens with zero attached hydrogens (tertiary/aromatic N) is 4. The molecule has 6 heteroatoms. The number of amides is 1. The summed E-state index contributed by atoms with van der Waals surface area (Å²) in [6, 6.07) is 22.3. The van der Waals surface area contributed by atoms with Gasteiger partial charge in [-0.2, -0.15) is 5.10 Å². The van der Waals surface area contributed by atoms with Crippen LogP contribution in [0.25, 0.3) is 16.9 Å². The van der Waals surface area contributed by atoms with E-state index >= 15 is 0 Å². The quantitative estimate of drug-likeness (QED) is 0.361. The Morgan fingerprint density at radius 3 is 2.39 bits per heavy atom. The van der Waals surface area contributed by atoms with Crippen molar-refractivity contribution in [1.29, 1.82) is 0 Å². The van der Waals surface area contributed by atoms with Crippen LogP contribution in [0.5, 0.6) is 5.75 Å². The van der Waals surface area contributed by atoms with Gasteiger partial charge in [-0.25, -0.2) is 9.50 Å². The molecule has 1 aliphatic heterocycles. The van der Waals surface area contributed by atoms with E-state index in [-0.39, 0.29) is 11.3 Å². The minimum Gasteiger partial charge on any atom is -0.496 e. The molecule has 0 N–H and O–H groups in total. The highest BCUT2D eigenvalue weighted by atomic mass is 16.5. The molecule has 186 valence electrons. The maximum atomic E-state index is 13.7. The van der Waals surface area contributed by atoms with E-state index in [0.29, 0.717) is 17.3 Å². The molecule has 1 fully saturated rings. The molecule has 1 aliphatic rings. The normalized spacial score (nSPS) is 14.8. The zero-order chi connectivity index (χ0) is 25.3. The number of aromatic nitrogens is 3. The summed E-state index contributed by atoms with van der Waals surface area (Å²) in [5, 5.41) is 4.87. The number of rotatable bonds is 5. The fraction of sp³-hybridized carbons (Fsp3) is 0.367. The van der Waals surface area contributed by atoms with E-state index in [9.17, 15) is 4.79 Å². The van der Waals surface area contributed by atoms with E-state index in [1.807, 2.05) is 45.8 Å². The zero-order valence-electron chi connectivity index (χ0n) is 21.6. The van der Waals surface area contributed by atoms with E-state index in [1.54, 1.807) is 7.11 Å². The second kappa shape index (κ2) is 9.76. The second-order valence-corrected chi connectivity index (χ2v) is 10.7. The Bertz CT molecular complexity index is 1360. The molecular weight excluding hydrogens is 448 g/mol. The maximum absolute atomic E-state index is 13.7. The van der Waals surface area contributed by atoms with Gasteiger partial charge in [0, 0.05) is 30.1 Å². The van der Waals surface area contributed by atoms with Crippen molar-refractivity contribution in [2.75, 3.05) is 20.2 Å². The second-order valence-electron chi connectivity index (χ2n) is 10.7. The fourth-order valence-electron chi connectivity index (χ4n) is 4.95. The SMILES string of the molecule is COc1ccccc1-c1cc(C(=O)N2CCC(Cc3ccccc3)CC2)nc2cc(C(C)(C)C)nn12. The molecule has 36 heavy (non-hydrogen) atoms. The van der Waals surface area contributed by atoms with Gasteiger partial charge in [0.2, 0.25) is 0 Å². The number of para-hydroxylation sites is 1. The topological polar surface area (TPSA) is 59.7 Å². The van der Waals surface area contributed by atoms with E-state index in [0.717, 1.165) is 55.1 Å². The third-order valence-corrected chi connectivity index (χ3v) is 7.07. The lowest BCUT2D eigenvalue weighted by atomic mass is 9.90. The lowest BCUT2D eigenvalue weighted by Crippen LogP contribution is -2.39. The molecule has 4 aromatic rings. The first-order valence-electron chi connectivity index (χ1n) is 12.7. The van der Waals surface area contributed by atoms with Crippen LogP contribution in [0.4, 0.5) is 0 Å². The van der Waals surface area contributed by atoms with Crippen LogP contribution in [0.3, 0.4) is 0 Å². The molecule has 3 heterocycles. The van der Waals surface area contributed by atoms with Gasteiger partial charge in [0.15, 0.2) is 5.65 Å². The number of hydrogen-bond acceptors (Lipinski definition) is 4. The number of methoxy groups -OCH3 is 1. The van der Waals surface area contributed by atoms with Crippen LogP contribution in [-0.4, -0.2) is 45.6 Å². The summed E-state index contributed by atoms with van der Waals surface area (Å²) in [6.07, 6.45) is 3.07. The van der Waals surface area contributed by atoms with Gasteiger partial charge in [0.1, 0.15) is 11.4 Å². The van der Waals surface area contributed by atoms with E-state index in [4.69, 9.17) is 14.8 Å². The minimum absolute atomic E-state index is 0.0229. The van der Waals surface area contributed by atoms with E-state index < -0.39 is 0 Å². The monoisotopic (exact) mass is 482 g/mol. The summed E-state index contributed by atoms with van der Waals surface area (Å²) >= 11 is 0. The number of benzene rings is 2. The van der Waals surface area contributed by atoms with Gasteiger partial charge < -0.3 is 9.64 Å². The van der Waals surface area contributed by atoms with Crippen molar-refractivity contribution in [3.8, 4) is 17.0 Å². The first-order chi connectivity index (χ1) is 17.3. The van der Waals surface area contributed by atoms with Crippen molar-refractivity contribution < 1.29 is 9.53 Å². The fourth-order valence-corrected chi connectivity index (χ4v) is 4.95. The van der Waals surface area contributed by atoms with Crippen molar-refractivity contribution in [2.45, 2.75) is 45.4 Å². The molecule has 1 amide bonds. The van der Waals surface area contributed by atoms with E-state index in [2.05, 4.69) is 51.1 Å². The first-order valence-corrected chi connectivity index (χ1v) is 12.7. The predicted molar refractivity (Wildman–Crippen MR) is 142 cm³/mol. The summed E-state index contributed by atoms with van der Waals surface area (Å²) in [5.41, 5.74) is 4.96. The Hall–Kier alpha value is -3.67. The van der Waals surface area contributed by atoms with Crippen molar-refractivity contribution in [1.82, 2.24) is 19.5 Å². The number of carbonyl (C=O) groups is 1. The van der Waals surface area contributed by atoms with E-state index in [1.165, 1.54) is 5.56 Å². The van der Waals surface area contributed by atoms with Gasteiger partial charge in [-0.15, -0.1) is 0 Å². The molecule has 0 spiro atoms. The third kappa shape index (κ3) is 4.85. The molecule has 0 aliphatic carbocycles. The van der Waals surface area contributed by atoms with Crippen LogP contribution >= 0.6 is 0 Å². The Kier molecular flexibility index (Phi) is 6.52. The standard InChI is InChI=1S/C30H34N4O2/c1-30(2,3)27-20-28-31-24(19-25(34(28)32-27)23-12-8-9-13-26(23)36-4)29(35)33-16-14-22(15-17-33)18-21-10-6-5-7-11-21/h5-13,19-20,22H,14-18H2,1-4H3. The van der Waals surface area contributed by atoms with Crippen LogP contribution in [0.1, 0.15) is 55.4 Å². The highest BCUT2D eigenvalue weighted by molar-refractivity contribution is 5.94. The van der Waals surface area contributed by atoms with Crippen molar-refractivity contribution in [3.63, 3.8) is 0 Å². The smallest absolute Gasteiger partial charge is 0.272 e. The Balaban J connectivity index is 1.45. The maximum Gasteiger partial charge on any atom is 0.272 e. The van der Waals surface area contributed by atoms with Crippen LogP contribution in [0.2, 0.25) is 0 Å². The number of carbonyl (C=O) groups excluding carboxylic acids is 1. The van der Waals surface area contributed by atoms with Gasteiger partial charge in [0.05, 0.1) is 18.5 Å². The molecule has 0 unspecified atom stereocenters. The van der Waals surface area contributed by atoms with Crippen LogP contribution in [-0.2, 0) is 11.8 Å². The average molecular weight is 483 g/mol. The Morgan fingerprint density at radius 1 is 1.00 bits per heavy atom. The van der Waals surface area contributed by atoms with Crippen molar-refractivity contribution in [3.05, 3.63) is 83.7 Å². The highest BCUT2D eigenvalue weighted by Crippen LogP contribution is 2.32. The van der Waals surface area contributed by atoms with Gasteiger partial charge in [-0.05, 0) is 48.9 Å². The van der Waals surface area contributed by atoms with Crippen LogP contribution in [0, 0.1) is 5.92 Å². The molecule has 5 rings (SSSR count). The molecule has 0 radical (unpaired) electrons. The molecule has 0 saturated carbocycles. The van der Waals surface area contributed by atoms with Gasteiger partial charge in [-0.3, -0.25) is 4.79 Å². The average Bonchev–Trinajstić information content (AvgIpc) is 3.34. The molecule has 0 atom stereocenters. The number of ether oxygens (including phenoxy) is 1. The molecule has 0 bridgehead atoms. The lowest BCUT2D eigenvalue weighted by Gasteiger charge is -2.32. The number of fused-ring (bicyclic) bond motifs is 1. The summed E-state index contributed by atoms with van der Waals surface area (Å²) < 4.78 is 7.48.